The molecule has 0 aromatic carbocycles. The van der Waals surface area contributed by atoms with Crippen LogP contribution in [0.1, 0.15) is 47.0 Å². The van der Waals surface area contributed by atoms with Gasteiger partial charge in [-0.05, 0) is 32.6 Å². The van der Waals surface area contributed by atoms with E-state index in [0.29, 0.717) is 13.0 Å². The van der Waals surface area contributed by atoms with Gasteiger partial charge in [0, 0.05) is 39.1 Å². The van der Waals surface area contributed by atoms with E-state index in [4.69, 9.17) is 4.74 Å². The number of rotatable bonds is 7. The van der Waals surface area contributed by atoms with Crippen LogP contribution in [0.3, 0.4) is 0 Å². The Balaban J connectivity index is 1.79. The number of hydrogen-bond donors (Lipinski definition) is 1. The van der Waals surface area contributed by atoms with E-state index in [2.05, 4.69) is 37.9 Å². The summed E-state index contributed by atoms with van der Waals surface area (Å²) < 4.78 is 5.78. The fourth-order valence-corrected chi connectivity index (χ4v) is 3.86. The first-order valence-electron chi connectivity index (χ1n) is 9.33. The van der Waals surface area contributed by atoms with Crippen LogP contribution in [-0.4, -0.2) is 72.6 Å². The Labute approximate surface area is 145 Å². The van der Waals surface area contributed by atoms with Gasteiger partial charge in [0.05, 0.1) is 18.2 Å². The van der Waals surface area contributed by atoms with Crippen molar-refractivity contribution in [2.75, 3.05) is 32.7 Å². The zero-order chi connectivity index (χ0) is 17.7. The molecule has 1 N–H and O–H groups in total. The monoisotopic (exact) mass is 339 g/mol. The summed E-state index contributed by atoms with van der Waals surface area (Å²) in [5.41, 5.74) is 0. The molecule has 2 rings (SSSR count). The van der Waals surface area contributed by atoms with Crippen molar-refractivity contribution >= 4 is 11.8 Å². The Kier molecular flexibility index (Phi) is 7.04. The quantitative estimate of drug-likeness (QED) is 0.709. The van der Waals surface area contributed by atoms with Crippen molar-refractivity contribution in [1.29, 1.82) is 0 Å². The second kappa shape index (κ2) is 8.81. The van der Waals surface area contributed by atoms with Crippen LogP contribution < -0.4 is 5.32 Å². The van der Waals surface area contributed by atoms with Crippen LogP contribution in [0.5, 0.6) is 0 Å². The van der Waals surface area contributed by atoms with Crippen LogP contribution in [0.15, 0.2) is 0 Å². The second-order valence-electron chi connectivity index (χ2n) is 7.53. The van der Waals surface area contributed by atoms with E-state index in [0.717, 1.165) is 39.0 Å². The maximum atomic E-state index is 12.7. The number of nitrogens with one attached hydrogen (secondary N) is 1. The van der Waals surface area contributed by atoms with Gasteiger partial charge >= 0.3 is 0 Å². The fourth-order valence-electron chi connectivity index (χ4n) is 3.86. The third-order valence-corrected chi connectivity index (χ3v) is 4.82. The Bertz CT molecular complexity index is 431. The molecule has 138 valence electrons. The van der Waals surface area contributed by atoms with Gasteiger partial charge in [-0.2, -0.15) is 0 Å². The first-order valence-corrected chi connectivity index (χ1v) is 9.33. The lowest BCUT2D eigenvalue weighted by Gasteiger charge is -2.41. The van der Waals surface area contributed by atoms with Gasteiger partial charge in [0.1, 0.15) is 0 Å². The van der Waals surface area contributed by atoms with Crippen molar-refractivity contribution in [3.8, 4) is 0 Å². The van der Waals surface area contributed by atoms with Crippen molar-refractivity contribution in [2.45, 2.75) is 65.2 Å². The maximum Gasteiger partial charge on any atom is 0.237 e. The molecule has 2 fully saturated rings. The molecule has 3 atom stereocenters. The van der Waals surface area contributed by atoms with Gasteiger partial charge in [-0.15, -0.1) is 0 Å². The number of carbonyl (C=O) groups is 2. The third kappa shape index (κ3) is 5.18. The Morgan fingerprint density at radius 1 is 1.29 bits per heavy atom. The van der Waals surface area contributed by atoms with E-state index in [-0.39, 0.29) is 36.0 Å². The highest BCUT2D eigenvalue weighted by Gasteiger charge is 2.33. The SMILES string of the molecule is CC1CN(C(C(=O)NCCCN2CCCC2=O)C(C)C)CC(C)O1. The average Bonchev–Trinajstić information content (AvgIpc) is 2.87. The fraction of sp³-hybridized carbons (Fsp3) is 0.889. The molecule has 6 nitrogen and oxygen atoms in total. The number of carbonyl (C=O) groups excluding carboxylic acids is 2. The van der Waals surface area contributed by atoms with Gasteiger partial charge in [-0.25, -0.2) is 0 Å². The third-order valence-electron chi connectivity index (χ3n) is 4.82. The van der Waals surface area contributed by atoms with Crippen LogP contribution in [0.4, 0.5) is 0 Å². The minimum Gasteiger partial charge on any atom is -0.373 e. The smallest absolute Gasteiger partial charge is 0.237 e. The van der Waals surface area contributed by atoms with E-state index in [1.54, 1.807) is 0 Å². The standard InChI is InChI=1S/C18H33N3O3/c1-13(2)17(21-11-14(3)24-15(4)12-21)18(23)19-8-6-10-20-9-5-7-16(20)22/h13-15,17H,5-12H2,1-4H3,(H,19,23). The molecular weight excluding hydrogens is 306 g/mol. The van der Waals surface area contributed by atoms with Gasteiger partial charge in [0.25, 0.3) is 0 Å². The summed E-state index contributed by atoms with van der Waals surface area (Å²) in [4.78, 5) is 28.4. The molecule has 24 heavy (non-hydrogen) atoms. The van der Waals surface area contributed by atoms with E-state index in [1.165, 1.54) is 0 Å². The summed E-state index contributed by atoms with van der Waals surface area (Å²) in [6.07, 6.45) is 2.77. The predicted molar refractivity (Wildman–Crippen MR) is 93.6 cm³/mol. The summed E-state index contributed by atoms with van der Waals surface area (Å²) >= 11 is 0. The number of nitrogens with zero attached hydrogens (tertiary/aromatic N) is 2. The molecule has 2 amide bonds. The van der Waals surface area contributed by atoms with Crippen molar-refractivity contribution in [3.05, 3.63) is 0 Å². The molecule has 3 unspecified atom stereocenters. The predicted octanol–water partition coefficient (Wildman–Crippen LogP) is 1.25. The number of amides is 2. The van der Waals surface area contributed by atoms with Crippen molar-refractivity contribution in [2.24, 2.45) is 5.92 Å². The normalized spacial score (nSPS) is 26.9. The highest BCUT2D eigenvalue weighted by Crippen LogP contribution is 2.18. The van der Waals surface area contributed by atoms with Crippen molar-refractivity contribution in [1.82, 2.24) is 15.1 Å². The number of morpholine rings is 1. The number of ether oxygens (including phenoxy) is 1. The molecular formula is C18H33N3O3. The first kappa shape index (κ1) is 19.2. The van der Waals surface area contributed by atoms with Crippen LogP contribution in [0.25, 0.3) is 0 Å². The average molecular weight is 339 g/mol. The summed E-state index contributed by atoms with van der Waals surface area (Å²) in [5.74, 6) is 0.597. The summed E-state index contributed by atoms with van der Waals surface area (Å²) in [6, 6.07) is -0.118. The van der Waals surface area contributed by atoms with E-state index >= 15 is 0 Å². The van der Waals surface area contributed by atoms with Crippen LogP contribution in [-0.2, 0) is 14.3 Å². The molecule has 0 saturated carbocycles. The minimum atomic E-state index is -0.118. The van der Waals surface area contributed by atoms with Gasteiger partial charge in [-0.1, -0.05) is 13.8 Å². The molecule has 0 aromatic heterocycles. The topological polar surface area (TPSA) is 61.9 Å². The highest BCUT2D eigenvalue weighted by atomic mass is 16.5. The molecule has 0 aromatic rings. The molecule has 0 aliphatic carbocycles. The molecule has 0 bridgehead atoms. The number of hydrogen-bond acceptors (Lipinski definition) is 4. The van der Waals surface area contributed by atoms with Gasteiger partial charge in [0.2, 0.25) is 11.8 Å². The minimum absolute atomic E-state index is 0.0963. The molecule has 2 saturated heterocycles. The molecule has 6 heteroatoms. The Morgan fingerprint density at radius 3 is 2.50 bits per heavy atom. The zero-order valence-corrected chi connectivity index (χ0v) is 15.6. The van der Waals surface area contributed by atoms with E-state index in [9.17, 15) is 9.59 Å². The van der Waals surface area contributed by atoms with Gasteiger partial charge < -0.3 is 15.0 Å². The molecule has 2 aliphatic heterocycles. The summed E-state index contributed by atoms with van der Waals surface area (Å²) in [7, 11) is 0. The van der Waals surface area contributed by atoms with Crippen molar-refractivity contribution < 1.29 is 14.3 Å². The Morgan fingerprint density at radius 2 is 1.96 bits per heavy atom. The zero-order valence-electron chi connectivity index (χ0n) is 15.6. The van der Waals surface area contributed by atoms with Crippen LogP contribution in [0.2, 0.25) is 0 Å². The van der Waals surface area contributed by atoms with Crippen molar-refractivity contribution in [3.63, 3.8) is 0 Å². The number of likely N-dealkylation sites (tertiary alicyclic amines) is 1. The van der Waals surface area contributed by atoms with Crippen LogP contribution in [0, 0.1) is 5.92 Å². The molecule has 0 radical (unpaired) electrons. The largest absolute Gasteiger partial charge is 0.373 e. The molecule has 2 aliphatic rings. The van der Waals surface area contributed by atoms with Gasteiger partial charge in [0.15, 0.2) is 0 Å². The van der Waals surface area contributed by atoms with E-state index < -0.39 is 0 Å². The summed E-state index contributed by atoms with van der Waals surface area (Å²) in [5, 5.41) is 3.07. The lowest BCUT2D eigenvalue weighted by Crippen LogP contribution is -2.57. The summed E-state index contributed by atoms with van der Waals surface area (Å²) in [6.45, 7) is 12.1. The lowest BCUT2D eigenvalue weighted by atomic mass is 9.99. The first-order chi connectivity index (χ1) is 11.4. The van der Waals surface area contributed by atoms with E-state index in [1.807, 2.05) is 4.90 Å². The van der Waals surface area contributed by atoms with Crippen LogP contribution >= 0.6 is 0 Å². The maximum absolute atomic E-state index is 12.7. The molecule has 2 heterocycles. The second-order valence-corrected chi connectivity index (χ2v) is 7.53. The lowest BCUT2D eigenvalue weighted by molar-refractivity contribution is -0.135. The molecule has 0 spiro atoms. The van der Waals surface area contributed by atoms with Gasteiger partial charge in [-0.3, -0.25) is 14.5 Å². The highest BCUT2D eigenvalue weighted by molar-refractivity contribution is 5.82. The Hall–Kier alpha value is -1.14.